The molecule has 1 N–H and O–H groups in total. The highest BCUT2D eigenvalue weighted by Crippen LogP contribution is 2.34. The summed E-state index contributed by atoms with van der Waals surface area (Å²) in [5.41, 5.74) is 1.58. The minimum atomic E-state index is -3.54. The van der Waals surface area contributed by atoms with Crippen molar-refractivity contribution >= 4 is 47.8 Å². The molecule has 0 radical (unpaired) electrons. The molecule has 1 saturated carbocycles. The van der Waals surface area contributed by atoms with E-state index in [1.807, 2.05) is 0 Å². The van der Waals surface area contributed by atoms with Crippen LogP contribution in [-0.4, -0.2) is 44.9 Å². The molecule has 0 aliphatic heterocycles. The standard InChI is InChI=1S/C21H17F2N9O.2ClH/c1-30-9-14(8-24-30)13-4-6-18-27-28-20(31(18)10-13)21(22,23)15-5-7-17-25-16(11-32(17)29-15)26-19(33)12-2-3-12;;/h4-12H,2-3H2,1H3,(H,26,33);2*1H. The maximum atomic E-state index is 15.5. The normalized spacial score (nSPS) is 13.5. The van der Waals surface area contributed by atoms with E-state index in [2.05, 4.69) is 30.7 Å². The average Bonchev–Trinajstić information content (AvgIpc) is 3.22. The number of carbonyl (C=O) groups excluding carboxylic acids is 1. The van der Waals surface area contributed by atoms with Crippen molar-refractivity contribution in [2.45, 2.75) is 18.8 Å². The van der Waals surface area contributed by atoms with E-state index < -0.39 is 17.4 Å². The highest BCUT2D eigenvalue weighted by molar-refractivity contribution is 5.93. The molecule has 14 heteroatoms. The highest BCUT2D eigenvalue weighted by atomic mass is 35.5. The summed E-state index contributed by atoms with van der Waals surface area (Å²) in [6.45, 7) is 0. The fourth-order valence-electron chi connectivity index (χ4n) is 3.64. The first-order valence-corrected chi connectivity index (χ1v) is 10.3. The molecule has 10 nitrogen and oxygen atoms in total. The van der Waals surface area contributed by atoms with Crippen LogP contribution in [-0.2, 0) is 17.8 Å². The fraction of sp³-hybridized carbons (Fsp3) is 0.238. The number of rotatable bonds is 5. The van der Waals surface area contributed by atoms with Crippen LogP contribution in [0, 0.1) is 5.92 Å². The molecule has 0 atom stereocenters. The smallest absolute Gasteiger partial charge is 0.309 e. The average molecular weight is 522 g/mol. The Labute approximate surface area is 209 Å². The molecular formula is C21H19Cl2F2N9O. The van der Waals surface area contributed by atoms with Gasteiger partial charge < -0.3 is 5.32 Å². The number of hydrogen-bond acceptors (Lipinski definition) is 6. The molecule has 0 bridgehead atoms. The Morgan fingerprint density at radius 3 is 2.51 bits per heavy atom. The number of anilines is 1. The Morgan fingerprint density at radius 2 is 1.80 bits per heavy atom. The van der Waals surface area contributed by atoms with E-state index >= 15 is 8.78 Å². The molecule has 5 aromatic rings. The third-order valence-electron chi connectivity index (χ3n) is 5.56. The predicted molar refractivity (Wildman–Crippen MR) is 127 cm³/mol. The second-order valence-corrected chi connectivity index (χ2v) is 8.06. The number of pyridine rings is 1. The summed E-state index contributed by atoms with van der Waals surface area (Å²) in [6, 6.07) is 6.01. The third kappa shape index (κ3) is 4.30. The molecule has 1 amide bonds. The highest BCUT2D eigenvalue weighted by Gasteiger charge is 2.41. The van der Waals surface area contributed by atoms with E-state index in [0.717, 1.165) is 18.4 Å². The van der Waals surface area contributed by atoms with Crippen molar-refractivity contribution in [1.82, 2.24) is 39.0 Å². The number of nitrogens with zero attached hydrogens (tertiary/aromatic N) is 8. The van der Waals surface area contributed by atoms with Crippen LogP contribution < -0.4 is 5.32 Å². The fourth-order valence-corrected chi connectivity index (χ4v) is 3.64. The van der Waals surface area contributed by atoms with Gasteiger partial charge in [-0.25, -0.2) is 9.50 Å². The van der Waals surface area contributed by atoms with Gasteiger partial charge in [0.05, 0.1) is 12.4 Å². The number of aryl methyl sites for hydroxylation is 1. The zero-order valence-electron chi connectivity index (χ0n) is 18.2. The van der Waals surface area contributed by atoms with Crippen LogP contribution >= 0.6 is 24.8 Å². The molecule has 182 valence electrons. The van der Waals surface area contributed by atoms with Crippen LogP contribution in [0.5, 0.6) is 0 Å². The number of amides is 1. The van der Waals surface area contributed by atoms with Gasteiger partial charge in [-0.1, -0.05) is 0 Å². The van der Waals surface area contributed by atoms with Crippen molar-refractivity contribution in [3.8, 4) is 11.1 Å². The Morgan fingerprint density at radius 1 is 1.03 bits per heavy atom. The Bertz CT molecular complexity index is 1540. The molecule has 0 aromatic carbocycles. The van der Waals surface area contributed by atoms with Crippen LogP contribution in [0.3, 0.4) is 0 Å². The first-order valence-electron chi connectivity index (χ1n) is 10.3. The molecule has 5 aromatic heterocycles. The molecule has 1 aliphatic carbocycles. The lowest BCUT2D eigenvalue weighted by molar-refractivity contribution is -0.117. The van der Waals surface area contributed by atoms with Crippen molar-refractivity contribution in [1.29, 1.82) is 0 Å². The summed E-state index contributed by atoms with van der Waals surface area (Å²) < 4.78 is 35.2. The molecule has 0 saturated heterocycles. The van der Waals surface area contributed by atoms with Crippen molar-refractivity contribution < 1.29 is 13.6 Å². The van der Waals surface area contributed by atoms with Crippen LogP contribution in [0.2, 0.25) is 0 Å². The zero-order chi connectivity index (χ0) is 22.7. The Kier molecular flexibility index (Phi) is 6.20. The van der Waals surface area contributed by atoms with Gasteiger partial charge in [-0.15, -0.1) is 35.0 Å². The lowest BCUT2D eigenvalue weighted by atomic mass is 10.1. The number of carbonyl (C=O) groups is 1. The van der Waals surface area contributed by atoms with Gasteiger partial charge in [0, 0.05) is 36.5 Å². The Hall–Kier alpha value is -3.64. The third-order valence-corrected chi connectivity index (χ3v) is 5.56. The number of alkyl halides is 2. The quantitative estimate of drug-likeness (QED) is 0.379. The predicted octanol–water partition coefficient (Wildman–Crippen LogP) is 3.50. The van der Waals surface area contributed by atoms with E-state index in [4.69, 9.17) is 0 Å². The molecule has 5 heterocycles. The van der Waals surface area contributed by atoms with Gasteiger partial charge in [0.15, 0.2) is 17.1 Å². The van der Waals surface area contributed by atoms with Crippen LogP contribution in [0.15, 0.2) is 49.1 Å². The summed E-state index contributed by atoms with van der Waals surface area (Å²) in [5.74, 6) is -3.95. The number of hydrogen-bond donors (Lipinski definition) is 1. The van der Waals surface area contributed by atoms with E-state index in [-0.39, 0.29) is 48.1 Å². The zero-order valence-corrected chi connectivity index (χ0v) is 19.8. The molecule has 1 aliphatic rings. The van der Waals surface area contributed by atoms with Crippen molar-refractivity contribution in [3.05, 3.63) is 60.6 Å². The molecule has 0 spiro atoms. The summed E-state index contributed by atoms with van der Waals surface area (Å²) >= 11 is 0. The topological polar surface area (TPSA) is 107 Å². The van der Waals surface area contributed by atoms with Crippen molar-refractivity contribution in [2.75, 3.05) is 5.32 Å². The summed E-state index contributed by atoms with van der Waals surface area (Å²) in [5, 5.41) is 18.5. The summed E-state index contributed by atoms with van der Waals surface area (Å²) in [6.07, 6.45) is 8.11. The van der Waals surface area contributed by atoms with Crippen LogP contribution in [0.25, 0.3) is 22.4 Å². The lowest BCUT2D eigenvalue weighted by Crippen LogP contribution is -2.22. The van der Waals surface area contributed by atoms with E-state index in [0.29, 0.717) is 11.2 Å². The van der Waals surface area contributed by atoms with Gasteiger partial charge >= 0.3 is 5.92 Å². The number of halogens is 4. The molecule has 6 rings (SSSR count). The number of imidazole rings is 1. The SMILES string of the molecule is Cl.Cl.Cn1cc(-c2ccc3nnc(C(F)(F)c4ccc5nc(NC(=O)C6CC6)cn5n4)n3c2)cn1. The van der Waals surface area contributed by atoms with E-state index in [1.165, 1.54) is 27.2 Å². The number of nitrogens with one attached hydrogen (secondary N) is 1. The van der Waals surface area contributed by atoms with Gasteiger partial charge in [0.25, 0.3) is 0 Å². The van der Waals surface area contributed by atoms with Gasteiger partial charge in [-0.2, -0.15) is 19.0 Å². The minimum Gasteiger partial charge on any atom is -0.309 e. The summed E-state index contributed by atoms with van der Waals surface area (Å²) in [7, 11) is 1.78. The van der Waals surface area contributed by atoms with Crippen molar-refractivity contribution in [2.24, 2.45) is 13.0 Å². The van der Waals surface area contributed by atoms with Gasteiger partial charge in [0.1, 0.15) is 5.69 Å². The van der Waals surface area contributed by atoms with Crippen molar-refractivity contribution in [3.63, 3.8) is 0 Å². The second kappa shape index (κ2) is 8.86. The van der Waals surface area contributed by atoms with Crippen LogP contribution in [0.1, 0.15) is 24.4 Å². The first-order chi connectivity index (χ1) is 15.9. The molecule has 1 fully saturated rings. The molecule has 0 unspecified atom stereocenters. The van der Waals surface area contributed by atoms with E-state index in [1.54, 1.807) is 42.5 Å². The maximum Gasteiger partial charge on any atom is 0.350 e. The monoisotopic (exact) mass is 521 g/mol. The number of aromatic nitrogens is 8. The largest absolute Gasteiger partial charge is 0.350 e. The van der Waals surface area contributed by atoms with Gasteiger partial charge in [-0.3, -0.25) is 13.9 Å². The van der Waals surface area contributed by atoms with Gasteiger partial charge in [0.2, 0.25) is 11.7 Å². The van der Waals surface area contributed by atoms with Gasteiger partial charge in [-0.05, 0) is 37.1 Å². The molecule has 35 heavy (non-hydrogen) atoms. The lowest BCUT2D eigenvalue weighted by Gasteiger charge is -2.14. The Balaban J connectivity index is 0.00000144. The molecular weight excluding hydrogens is 503 g/mol. The summed E-state index contributed by atoms with van der Waals surface area (Å²) in [4.78, 5) is 16.2. The minimum absolute atomic E-state index is 0. The first kappa shape index (κ1) is 24.5. The number of fused-ring (bicyclic) bond motifs is 2. The van der Waals surface area contributed by atoms with Crippen LogP contribution in [0.4, 0.5) is 14.6 Å². The van der Waals surface area contributed by atoms with E-state index in [9.17, 15) is 4.79 Å². The maximum absolute atomic E-state index is 15.5. The second-order valence-electron chi connectivity index (χ2n) is 8.06.